The summed E-state index contributed by atoms with van der Waals surface area (Å²) >= 11 is 0. The van der Waals surface area contributed by atoms with E-state index in [1.54, 1.807) is 12.1 Å². The number of carbonyl (C=O) groups is 1. The fraction of sp³-hybridized carbons (Fsp3) is 0.273. The van der Waals surface area contributed by atoms with Crippen molar-refractivity contribution >= 4 is 17.8 Å². The van der Waals surface area contributed by atoms with Crippen LogP contribution in [0.3, 0.4) is 0 Å². The van der Waals surface area contributed by atoms with Crippen molar-refractivity contribution in [3.63, 3.8) is 0 Å². The first kappa shape index (κ1) is 11.3. The van der Waals surface area contributed by atoms with Crippen molar-refractivity contribution in [2.24, 2.45) is 11.0 Å². The highest BCUT2D eigenvalue weighted by atomic mass is 16.6. The number of carbonyl (C=O) groups excluding carboxylic acids is 1. The maximum Gasteiger partial charge on any atom is 0.270 e. The van der Waals surface area contributed by atoms with Crippen LogP contribution in [0.5, 0.6) is 0 Å². The zero-order valence-corrected chi connectivity index (χ0v) is 9.00. The van der Waals surface area contributed by atoms with Gasteiger partial charge in [0.25, 0.3) is 5.69 Å². The van der Waals surface area contributed by atoms with Gasteiger partial charge in [0.05, 0.1) is 11.1 Å². The van der Waals surface area contributed by atoms with Gasteiger partial charge in [-0.25, -0.2) is 5.43 Å². The summed E-state index contributed by atoms with van der Waals surface area (Å²) in [5.74, 6) is 0.00365. The van der Waals surface area contributed by atoms with Crippen LogP contribution in [-0.2, 0) is 4.79 Å². The standard InChI is InChI=1S/C11H11N3O3/c15-11(9-4-5-9)13-12-7-8-2-1-3-10(6-8)14(16)17/h1-3,6-7,9H,4-5H2,(H,13,15)/b12-7+. The number of hydrogen-bond donors (Lipinski definition) is 1. The van der Waals surface area contributed by atoms with Crippen LogP contribution >= 0.6 is 0 Å². The van der Waals surface area contributed by atoms with E-state index in [2.05, 4.69) is 10.5 Å². The Bertz CT molecular complexity index is 481. The number of non-ortho nitro benzene ring substituents is 1. The zero-order valence-electron chi connectivity index (χ0n) is 9.00. The van der Waals surface area contributed by atoms with Crippen LogP contribution in [0.15, 0.2) is 29.4 Å². The second-order valence-corrected chi connectivity index (χ2v) is 3.86. The molecule has 17 heavy (non-hydrogen) atoms. The highest BCUT2D eigenvalue weighted by Gasteiger charge is 2.29. The van der Waals surface area contributed by atoms with Gasteiger partial charge in [-0.15, -0.1) is 0 Å². The molecule has 1 aliphatic rings. The molecule has 0 spiro atoms. The quantitative estimate of drug-likeness (QED) is 0.485. The molecular formula is C11H11N3O3. The fourth-order valence-electron chi connectivity index (χ4n) is 1.33. The summed E-state index contributed by atoms with van der Waals surface area (Å²) in [6.07, 6.45) is 3.23. The largest absolute Gasteiger partial charge is 0.273 e. The first-order valence-electron chi connectivity index (χ1n) is 5.24. The number of nitrogens with zero attached hydrogens (tertiary/aromatic N) is 2. The van der Waals surface area contributed by atoms with Crippen molar-refractivity contribution in [3.8, 4) is 0 Å². The maximum absolute atomic E-state index is 11.2. The lowest BCUT2D eigenvalue weighted by molar-refractivity contribution is -0.384. The molecule has 1 aromatic carbocycles. The second-order valence-electron chi connectivity index (χ2n) is 3.86. The highest BCUT2D eigenvalue weighted by molar-refractivity contribution is 5.84. The van der Waals surface area contributed by atoms with Crippen LogP contribution in [0.1, 0.15) is 18.4 Å². The third-order valence-electron chi connectivity index (χ3n) is 2.42. The van der Waals surface area contributed by atoms with Crippen molar-refractivity contribution < 1.29 is 9.72 Å². The lowest BCUT2D eigenvalue weighted by atomic mass is 10.2. The van der Waals surface area contributed by atoms with E-state index >= 15 is 0 Å². The maximum atomic E-state index is 11.2. The number of nitro groups is 1. The van der Waals surface area contributed by atoms with Gasteiger partial charge < -0.3 is 0 Å². The molecule has 1 aliphatic carbocycles. The molecular weight excluding hydrogens is 222 g/mol. The number of rotatable bonds is 4. The van der Waals surface area contributed by atoms with E-state index in [9.17, 15) is 14.9 Å². The number of nitro benzene ring substituents is 1. The molecule has 1 fully saturated rings. The van der Waals surface area contributed by atoms with Gasteiger partial charge in [0.2, 0.25) is 5.91 Å². The van der Waals surface area contributed by atoms with Gasteiger partial charge in [-0.2, -0.15) is 5.10 Å². The predicted octanol–water partition coefficient (Wildman–Crippen LogP) is 1.45. The average Bonchev–Trinajstić information content (AvgIpc) is 3.13. The third-order valence-corrected chi connectivity index (χ3v) is 2.42. The van der Waals surface area contributed by atoms with E-state index in [1.807, 2.05) is 0 Å². The monoisotopic (exact) mass is 233 g/mol. The molecule has 1 aromatic rings. The van der Waals surface area contributed by atoms with Gasteiger partial charge in [-0.05, 0) is 12.8 Å². The molecule has 6 nitrogen and oxygen atoms in total. The van der Waals surface area contributed by atoms with Crippen LogP contribution in [0, 0.1) is 16.0 Å². The van der Waals surface area contributed by atoms with Crippen molar-refractivity contribution in [2.45, 2.75) is 12.8 Å². The summed E-state index contributed by atoms with van der Waals surface area (Å²) in [4.78, 5) is 21.3. The van der Waals surface area contributed by atoms with Gasteiger partial charge in [-0.3, -0.25) is 14.9 Å². The molecule has 2 rings (SSSR count). The third kappa shape index (κ3) is 3.10. The first-order valence-corrected chi connectivity index (χ1v) is 5.24. The SMILES string of the molecule is O=C(N/N=C/c1cccc([N+](=O)[O-])c1)C1CC1. The summed E-state index contributed by atoms with van der Waals surface area (Å²) in [6.45, 7) is 0. The minimum Gasteiger partial charge on any atom is -0.273 e. The number of nitrogens with one attached hydrogen (secondary N) is 1. The molecule has 0 saturated heterocycles. The Morgan fingerprint density at radius 1 is 1.53 bits per heavy atom. The highest BCUT2D eigenvalue weighted by Crippen LogP contribution is 2.28. The molecule has 0 heterocycles. The van der Waals surface area contributed by atoms with E-state index in [1.165, 1.54) is 18.3 Å². The van der Waals surface area contributed by atoms with E-state index in [0.29, 0.717) is 5.56 Å². The Morgan fingerprint density at radius 3 is 2.94 bits per heavy atom. The van der Waals surface area contributed by atoms with Crippen LogP contribution in [0.2, 0.25) is 0 Å². The Balaban J connectivity index is 1.97. The van der Waals surface area contributed by atoms with E-state index in [4.69, 9.17) is 0 Å². The Morgan fingerprint density at radius 2 is 2.29 bits per heavy atom. The molecule has 0 radical (unpaired) electrons. The minimum absolute atomic E-state index is 0.00229. The Hall–Kier alpha value is -2.24. The molecule has 0 unspecified atom stereocenters. The molecule has 0 bridgehead atoms. The minimum atomic E-state index is -0.472. The normalized spacial score (nSPS) is 14.8. The molecule has 1 N–H and O–H groups in total. The molecule has 0 atom stereocenters. The fourth-order valence-corrected chi connectivity index (χ4v) is 1.33. The summed E-state index contributed by atoms with van der Waals surface area (Å²) in [6, 6.07) is 6.05. The van der Waals surface area contributed by atoms with Crippen LogP contribution in [0.4, 0.5) is 5.69 Å². The van der Waals surface area contributed by atoms with Gasteiger partial charge in [0.1, 0.15) is 0 Å². The number of hydrazone groups is 1. The Kier molecular flexibility index (Phi) is 3.13. The van der Waals surface area contributed by atoms with Gasteiger partial charge in [0.15, 0.2) is 0 Å². The molecule has 0 aromatic heterocycles. The summed E-state index contributed by atoms with van der Waals surface area (Å²) in [5.41, 5.74) is 2.98. The number of amides is 1. The molecule has 1 amide bonds. The van der Waals surface area contributed by atoms with E-state index in [0.717, 1.165) is 12.8 Å². The van der Waals surface area contributed by atoms with Crippen molar-refractivity contribution in [2.75, 3.05) is 0 Å². The second kappa shape index (κ2) is 4.73. The smallest absolute Gasteiger partial charge is 0.270 e. The van der Waals surface area contributed by atoms with E-state index < -0.39 is 4.92 Å². The summed E-state index contributed by atoms with van der Waals surface area (Å²) < 4.78 is 0. The molecule has 6 heteroatoms. The number of hydrogen-bond acceptors (Lipinski definition) is 4. The first-order chi connectivity index (χ1) is 8.16. The lowest BCUT2D eigenvalue weighted by Gasteiger charge is -1.96. The van der Waals surface area contributed by atoms with Crippen molar-refractivity contribution in [1.82, 2.24) is 5.43 Å². The van der Waals surface area contributed by atoms with E-state index in [-0.39, 0.29) is 17.5 Å². The molecule has 1 saturated carbocycles. The Labute approximate surface area is 97.5 Å². The van der Waals surface area contributed by atoms with Crippen LogP contribution in [-0.4, -0.2) is 17.0 Å². The zero-order chi connectivity index (χ0) is 12.3. The van der Waals surface area contributed by atoms with Crippen LogP contribution in [0.25, 0.3) is 0 Å². The average molecular weight is 233 g/mol. The van der Waals surface area contributed by atoms with Crippen molar-refractivity contribution in [1.29, 1.82) is 0 Å². The topological polar surface area (TPSA) is 84.6 Å². The predicted molar refractivity (Wildman–Crippen MR) is 61.6 cm³/mol. The van der Waals surface area contributed by atoms with Gasteiger partial charge >= 0.3 is 0 Å². The number of benzene rings is 1. The molecule has 0 aliphatic heterocycles. The van der Waals surface area contributed by atoms with Crippen LogP contribution < -0.4 is 5.43 Å². The summed E-state index contributed by atoms with van der Waals surface area (Å²) in [5, 5.41) is 14.3. The molecule has 88 valence electrons. The van der Waals surface area contributed by atoms with Crippen molar-refractivity contribution in [3.05, 3.63) is 39.9 Å². The summed E-state index contributed by atoms with van der Waals surface area (Å²) in [7, 11) is 0. The van der Waals surface area contributed by atoms with Gasteiger partial charge in [-0.1, -0.05) is 12.1 Å². The lowest BCUT2D eigenvalue weighted by Crippen LogP contribution is -2.18. The van der Waals surface area contributed by atoms with Gasteiger partial charge in [0, 0.05) is 23.6 Å².